The Hall–Kier alpha value is -1.10. The lowest BCUT2D eigenvalue weighted by Gasteiger charge is -2.16. The third kappa shape index (κ3) is 2.56. The second-order valence-corrected chi connectivity index (χ2v) is 6.61. The number of benzene rings is 2. The minimum absolute atomic E-state index is 0.0345. The number of rotatable bonds is 2. The van der Waals surface area contributed by atoms with Gasteiger partial charge in [0.2, 0.25) is 0 Å². The van der Waals surface area contributed by atoms with Gasteiger partial charge >= 0.3 is 0 Å². The highest BCUT2D eigenvalue weighted by molar-refractivity contribution is 9.10. The number of fused-ring (bicyclic) bond motifs is 1. The van der Waals surface area contributed by atoms with Crippen molar-refractivity contribution in [1.82, 2.24) is 15.0 Å². The van der Waals surface area contributed by atoms with E-state index in [9.17, 15) is 0 Å². The SMILES string of the molecule is Cc1c(Br)ccc2nnn([C@H](C)c3ccc(Cl)cc3Cl)c12. The highest BCUT2D eigenvalue weighted by Gasteiger charge is 2.18. The molecule has 0 fully saturated rings. The van der Waals surface area contributed by atoms with Crippen LogP contribution in [-0.4, -0.2) is 15.0 Å². The molecule has 108 valence electrons. The van der Waals surface area contributed by atoms with Crippen LogP contribution in [0.5, 0.6) is 0 Å². The third-order valence-corrected chi connectivity index (χ3v) is 5.02. The molecule has 0 amide bonds. The molecule has 0 N–H and O–H groups in total. The van der Waals surface area contributed by atoms with E-state index in [1.54, 1.807) is 6.07 Å². The molecule has 1 aromatic heterocycles. The zero-order chi connectivity index (χ0) is 15.1. The number of hydrogen-bond acceptors (Lipinski definition) is 2. The van der Waals surface area contributed by atoms with E-state index in [1.807, 2.05) is 42.8 Å². The average Bonchev–Trinajstić information content (AvgIpc) is 2.87. The highest BCUT2D eigenvalue weighted by Crippen LogP contribution is 2.32. The summed E-state index contributed by atoms with van der Waals surface area (Å²) in [6.07, 6.45) is 0. The topological polar surface area (TPSA) is 30.7 Å². The summed E-state index contributed by atoms with van der Waals surface area (Å²) in [5.74, 6) is 0. The van der Waals surface area contributed by atoms with Crippen LogP contribution in [0.3, 0.4) is 0 Å². The van der Waals surface area contributed by atoms with Crippen LogP contribution in [0, 0.1) is 6.92 Å². The molecule has 0 aliphatic heterocycles. The van der Waals surface area contributed by atoms with Gasteiger partial charge in [0.25, 0.3) is 0 Å². The van der Waals surface area contributed by atoms with Gasteiger partial charge < -0.3 is 0 Å². The first kappa shape index (κ1) is 14.8. The Kier molecular flexibility index (Phi) is 3.95. The predicted octanol–water partition coefficient (Wildman–Crippen LogP) is 5.42. The lowest BCUT2D eigenvalue weighted by Crippen LogP contribution is -2.10. The van der Waals surface area contributed by atoms with Gasteiger partial charge in [-0.3, -0.25) is 0 Å². The van der Waals surface area contributed by atoms with Gasteiger partial charge in [-0.05, 0) is 49.2 Å². The minimum atomic E-state index is -0.0345. The normalized spacial score (nSPS) is 12.8. The van der Waals surface area contributed by atoms with Crippen LogP contribution in [0.4, 0.5) is 0 Å². The van der Waals surface area contributed by atoms with E-state index in [0.717, 1.165) is 26.6 Å². The molecule has 3 nitrogen and oxygen atoms in total. The van der Waals surface area contributed by atoms with Crippen molar-refractivity contribution in [2.75, 3.05) is 0 Å². The van der Waals surface area contributed by atoms with Crippen LogP contribution >= 0.6 is 39.1 Å². The molecule has 3 aromatic rings. The van der Waals surface area contributed by atoms with Gasteiger partial charge in [-0.25, -0.2) is 4.68 Å². The molecule has 1 atom stereocenters. The summed E-state index contributed by atoms with van der Waals surface area (Å²) in [5.41, 5.74) is 3.94. The minimum Gasteiger partial charge on any atom is -0.237 e. The standard InChI is InChI=1S/C15H12BrCl2N3/c1-8-12(16)5-6-14-15(8)21(20-19-14)9(2)11-4-3-10(17)7-13(11)18/h3-7,9H,1-2H3/t9-/m1/s1. The average molecular weight is 385 g/mol. The van der Waals surface area contributed by atoms with Gasteiger partial charge in [-0.15, -0.1) is 5.10 Å². The van der Waals surface area contributed by atoms with Crippen LogP contribution in [0.2, 0.25) is 10.0 Å². The molecule has 0 unspecified atom stereocenters. The van der Waals surface area contributed by atoms with Gasteiger partial charge in [-0.2, -0.15) is 0 Å². The molecule has 0 bridgehead atoms. The van der Waals surface area contributed by atoms with Crippen molar-refractivity contribution >= 4 is 50.2 Å². The molecule has 6 heteroatoms. The van der Waals surface area contributed by atoms with E-state index in [-0.39, 0.29) is 6.04 Å². The largest absolute Gasteiger partial charge is 0.237 e. The van der Waals surface area contributed by atoms with Gasteiger partial charge in [0, 0.05) is 14.5 Å². The Bertz CT molecular complexity index is 829. The van der Waals surface area contributed by atoms with Crippen molar-refractivity contribution in [2.45, 2.75) is 19.9 Å². The first-order valence-electron chi connectivity index (χ1n) is 6.44. The fraction of sp³-hybridized carbons (Fsp3) is 0.200. The maximum atomic E-state index is 6.31. The Balaban J connectivity index is 2.18. The van der Waals surface area contributed by atoms with E-state index in [4.69, 9.17) is 23.2 Å². The molecule has 21 heavy (non-hydrogen) atoms. The second-order valence-electron chi connectivity index (χ2n) is 4.92. The number of hydrogen-bond donors (Lipinski definition) is 0. The first-order valence-corrected chi connectivity index (χ1v) is 7.99. The van der Waals surface area contributed by atoms with E-state index in [0.29, 0.717) is 10.0 Å². The summed E-state index contributed by atoms with van der Waals surface area (Å²) in [6.45, 7) is 4.09. The molecule has 3 rings (SSSR count). The Morgan fingerprint density at radius 2 is 1.95 bits per heavy atom. The number of aryl methyl sites for hydroxylation is 1. The zero-order valence-corrected chi connectivity index (χ0v) is 14.5. The van der Waals surface area contributed by atoms with Gasteiger partial charge in [0.1, 0.15) is 5.52 Å². The number of aromatic nitrogens is 3. The van der Waals surface area contributed by atoms with Gasteiger partial charge in [0.15, 0.2) is 0 Å². The van der Waals surface area contributed by atoms with Crippen LogP contribution in [0.1, 0.15) is 24.1 Å². The monoisotopic (exact) mass is 383 g/mol. The fourth-order valence-electron chi connectivity index (χ4n) is 2.42. The molecule has 0 aliphatic carbocycles. The summed E-state index contributed by atoms with van der Waals surface area (Å²) >= 11 is 15.8. The molecular weight excluding hydrogens is 373 g/mol. The van der Waals surface area contributed by atoms with E-state index in [1.165, 1.54) is 0 Å². The summed E-state index contributed by atoms with van der Waals surface area (Å²) in [5, 5.41) is 9.78. The molecule has 2 aromatic carbocycles. The summed E-state index contributed by atoms with van der Waals surface area (Å²) in [4.78, 5) is 0. The number of halogens is 3. The van der Waals surface area contributed by atoms with Crippen molar-refractivity contribution in [1.29, 1.82) is 0 Å². The lowest BCUT2D eigenvalue weighted by molar-refractivity contribution is 0.559. The third-order valence-electron chi connectivity index (χ3n) is 3.60. The molecule has 0 saturated heterocycles. The van der Waals surface area contributed by atoms with Crippen molar-refractivity contribution in [3.8, 4) is 0 Å². The summed E-state index contributed by atoms with van der Waals surface area (Å²) < 4.78 is 2.93. The Labute approximate surface area is 141 Å². The molecular formula is C15H12BrCl2N3. The van der Waals surface area contributed by atoms with Crippen LogP contribution < -0.4 is 0 Å². The molecule has 0 aliphatic rings. The summed E-state index contributed by atoms with van der Waals surface area (Å²) in [7, 11) is 0. The molecule has 1 heterocycles. The quantitative estimate of drug-likeness (QED) is 0.590. The molecule has 0 radical (unpaired) electrons. The van der Waals surface area contributed by atoms with Crippen LogP contribution in [-0.2, 0) is 0 Å². The lowest BCUT2D eigenvalue weighted by atomic mass is 10.1. The zero-order valence-electron chi connectivity index (χ0n) is 11.4. The van der Waals surface area contributed by atoms with E-state index >= 15 is 0 Å². The second kappa shape index (κ2) is 5.59. The van der Waals surface area contributed by atoms with E-state index in [2.05, 4.69) is 26.2 Å². The predicted molar refractivity (Wildman–Crippen MR) is 90.2 cm³/mol. The van der Waals surface area contributed by atoms with Crippen molar-refractivity contribution in [3.05, 3.63) is 56.0 Å². The maximum Gasteiger partial charge on any atom is 0.113 e. The molecule has 0 saturated carbocycles. The van der Waals surface area contributed by atoms with Crippen molar-refractivity contribution in [2.24, 2.45) is 0 Å². The van der Waals surface area contributed by atoms with Crippen LogP contribution in [0.25, 0.3) is 11.0 Å². The van der Waals surface area contributed by atoms with Gasteiger partial charge in [0.05, 0.1) is 11.6 Å². The Morgan fingerprint density at radius 3 is 2.67 bits per heavy atom. The highest BCUT2D eigenvalue weighted by atomic mass is 79.9. The maximum absolute atomic E-state index is 6.31. The fourth-order valence-corrected chi connectivity index (χ4v) is 3.30. The van der Waals surface area contributed by atoms with Gasteiger partial charge in [-0.1, -0.05) is 50.4 Å². The number of nitrogens with zero attached hydrogens (tertiary/aromatic N) is 3. The van der Waals surface area contributed by atoms with E-state index < -0.39 is 0 Å². The van der Waals surface area contributed by atoms with Crippen LogP contribution in [0.15, 0.2) is 34.8 Å². The smallest absolute Gasteiger partial charge is 0.113 e. The first-order chi connectivity index (χ1) is 9.99. The van der Waals surface area contributed by atoms with Crippen molar-refractivity contribution in [3.63, 3.8) is 0 Å². The molecule has 0 spiro atoms. The van der Waals surface area contributed by atoms with Crippen molar-refractivity contribution < 1.29 is 0 Å². The Morgan fingerprint density at radius 1 is 1.19 bits per heavy atom. The summed E-state index contributed by atoms with van der Waals surface area (Å²) in [6, 6.07) is 9.41.